The van der Waals surface area contributed by atoms with Crippen LogP contribution in [0.1, 0.15) is 101 Å². The third-order valence-corrected chi connectivity index (χ3v) is 8.71. The number of hydrogen-bond donors (Lipinski definition) is 0. The number of ether oxygens (including phenoxy) is 2. The van der Waals surface area contributed by atoms with Gasteiger partial charge in [-0.05, 0) is 53.4 Å². The molecule has 0 atom stereocenters. The molecule has 2 heterocycles. The number of methoxy groups -OCH3 is 1. The SMILES string of the molecule is CCCCCCCCOc1c2c(cc(-c3ccsc3)c1OC)C(CCCCCC)=[N+](Cc1ccccc1F)CC2.[Br-]. The molecule has 1 aromatic heterocycles. The molecule has 3 aromatic rings. The van der Waals surface area contributed by atoms with Crippen LogP contribution in [0.25, 0.3) is 11.1 Å². The van der Waals surface area contributed by atoms with E-state index in [0.29, 0.717) is 13.2 Å². The van der Waals surface area contributed by atoms with E-state index in [-0.39, 0.29) is 22.8 Å². The molecule has 0 unspecified atom stereocenters. The number of nitrogens with zero attached hydrogens (tertiary/aromatic N) is 1. The predicted octanol–water partition coefficient (Wildman–Crippen LogP) is 6.83. The van der Waals surface area contributed by atoms with Crippen molar-refractivity contribution in [1.82, 2.24) is 0 Å². The lowest BCUT2D eigenvalue weighted by Gasteiger charge is -2.25. The second kappa shape index (κ2) is 17.7. The molecule has 2 aromatic carbocycles. The van der Waals surface area contributed by atoms with Crippen molar-refractivity contribution in [2.45, 2.75) is 97.4 Å². The van der Waals surface area contributed by atoms with Crippen LogP contribution in [0.4, 0.5) is 4.39 Å². The van der Waals surface area contributed by atoms with Crippen LogP contribution in [0.15, 0.2) is 47.2 Å². The van der Waals surface area contributed by atoms with E-state index >= 15 is 0 Å². The Morgan fingerprint density at radius 3 is 2.32 bits per heavy atom. The van der Waals surface area contributed by atoms with Gasteiger partial charge in [0.15, 0.2) is 23.8 Å². The Balaban J connectivity index is 0.00000462. The van der Waals surface area contributed by atoms with E-state index in [0.717, 1.165) is 60.4 Å². The fraction of sp³-hybridized carbons (Fsp3) is 0.514. The number of halogens is 2. The van der Waals surface area contributed by atoms with Gasteiger partial charge in [-0.3, -0.25) is 0 Å². The minimum Gasteiger partial charge on any atom is -1.00 e. The summed E-state index contributed by atoms with van der Waals surface area (Å²) < 4.78 is 29.8. The first-order valence-corrected chi connectivity index (χ1v) is 16.4. The van der Waals surface area contributed by atoms with Crippen molar-refractivity contribution in [2.24, 2.45) is 0 Å². The van der Waals surface area contributed by atoms with E-state index in [1.165, 1.54) is 68.2 Å². The molecule has 224 valence electrons. The zero-order valence-corrected chi connectivity index (χ0v) is 27.6. The van der Waals surface area contributed by atoms with Gasteiger partial charge in [-0.25, -0.2) is 8.97 Å². The Morgan fingerprint density at radius 1 is 0.878 bits per heavy atom. The molecule has 1 aliphatic rings. The van der Waals surface area contributed by atoms with Crippen LogP contribution in [0.5, 0.6) is 11.5 Å². The van der Waals surface area contributed by atoms with Gasteiger partial charge < -0.3 is 26.5 Å². The zero-order valence-electron chi connectivity index (χ0n) is 25.2. The van der Waals surface area contributed by atoms with Crippen molar-refractivity contribution >= 4 is 17.0 Å². The summed E-state index contributed by atoms with van der Waals surface area (Å²) >= 11 is 1.70. The molecule has 0 saturated heterocycles. The Bertz CT molecular complexity index is 1240. The minimum atomic E-state index is -0.129. The lowest BCUT2D eigenvalue weighted by molar-refractivity contribution is -0.546. The Labute approximate surface area is 261 Å². The van der Waals surface area contributed by atoms with Crippen LogP contribution < -0.4 is 26.5 Å². The van der Waals surface area contributed by atoms with Crippen molar-refractivity contribution in [3.8, 4) is 22.6 Å². The van der Waals surface area contributed by atoms with E-state index in [1.54, 1.807) is 30.6 Å². The van der Waals surface area contributed by atoms with Crippen LogP contribution in [0.2, 0.25) is 0 Å². The largest absolute Gasteiger partial charge is 1.00 e. The highest BCUT2D eigenvalue weighted by molar-refractivity contribution is 7.08. The second-order valence-corrected chi connectivity index (χ2v) is 11.7. The maximum atomic E-state index is 14.7. The van der Waals surface area contributed by atoms with Gasteiger partial charge in [0, 0.05) is 29.5 Å². The average molecular weight is 645 g/mol. The molecule has 0 N–H and O–H groups in total. The number of thiophene rings is 1. The second-order valence-electron chi connectivity index (χ2n) is 11.0. The molecule has 0 saturated carbocycles. The van der Waals surface area contributed by atoms with Gasteiger partial charge in [0.25, 0.3) is 0 Å². The molecule has 3 nitrogen and oxygen atoms in total. The summed E-state index contributed by atoms with van der Waals surface area (Å²) in [5.74, 6) is 1.62. The Kier molecular flexibility index (Phi) is 14.4. The quantitative estimate of drug-likeness (QED) is 0.119. The van der Waals surface area contributed by atoms with Crippen LogP contribution >= 0.6 is 11.3 Å². The van der Waals surface area contributed by atoms with E-state index in [2.05, 4.69) is 41.3 Å². The fourth-order valence-corrected chi connectivity index (χ4v) is 6.46. The standard InChI is InChI=1S/C35H47FNO2S.BrH/c1-4-6-8-10-11-15-22-39-35-29-19-21-37(25-27-16-13-14-17-32(27)36)33(18-12-9-7-5-2)31(29)24-30(34(35)38-3)28-20-23-40-26-28;/h13-14,16-17,20,23-24,26H,4-12,15,18-19,21-22,25H2,1-3H3;1H/q+1;/p-1. The monoisotopic (exact) mass is 643 g/mol. The maximum absolute atomic E-state index is 14.7. The molecule has 0 aliphatic carbocycles. The van der Waals surface area contributed by atoms with E-state index in [9.17, 15) is 4.39 Å². The first-order chi connectivity index (χ1) is 19.7. The molecular weight excluding hydrogens is 597 g/mol. The van der Waals surface area contributed by atoms with Crippen molar-refractivity contribution in [2.75, 3.05) is 20.3 Å². The van der Waals surface area contributed by atoms with Crippen molar-refractivity contribution in [3.63, 3.8) is 0 Å². The van der Waals surface area contributed by atoms with Gasteiger partial charge in [0.05, 0.1) is 19.3 Å². The summed E-state index contributed by atoms with van der Waals surface area (Å²) in [4.78, 5) is 0. The topological polar surface area (TPSA) is 21.5 Å². The average Bonchev–Trinajstić information content (AvgIpc) is 3.51. The highest BCUT2D eigenvalue weighted by Gasteiger charge is 2.32. The van der Waals surface area contributed by atoms with Gasteiger partial charge in [0.2, 0.25) is 0 Å². The summed E-state index contributed by atoms with van der Waals surface area (Å²) in [5.41, 5.74) is 6.80. The van der Waals surface area contributed by atoms with Crippen molar-refractivity contribution in [1.29, 1.82) is 0 Å². The number of unbranched alkanes of at least 4 members (excludes halogenated alkanes) is 8. The fourth-order valence-electron chi connectivity index (χ4n) is 5.80. The van der Waals surface area contributed by atoms with Gasteiger partial charge in [-0.15, -0.1) is 0 Å². The highest BCUT2D eigenvalue weighted by Crippen LogP contribution is 2.45. The summed E-state index contributed by atoms with van der Waals surface area (Å²) in [6.45, 7) is 6.64. The normalized spacial score (nSPS) is 12.7. The number of rotatable bonds is 17. The van der Waals surface area contributed by atoms with Crippen molar-refractivity contribution < 1.29 is 35.4 Å². The molecule has 0 fully saturated rings. The van der Waals surface area contributed by atoms with Gasteiger partial charge >= 0.3 is 0 Å². The van der Waals surface area contributed by atoms with Crippen LogP contribution in [0, 0.1) is 5.82 Å². The summed E-state index contributed by atoms with van der Waals surface area (Å²) in [6.07, 6.45) is 14.0. The predicted molar refractivity (Wildman–Crippen MR) is 167 cm³/mol. The Morgan fingerprint density at radius 2 is 1.61 bits per heavy atom. The van der Waals surface area contributed by atoms with E-state index < -0.39 is 0 Å². The number of benzene rings is 2. The summed E-state index contributed by atoms with van der Waals surface area (Å²) in [5, 5.41) is 4.30. The van der Waals surface area contributed by atoms with Gasteiger partial charge in [-0.1, -0.05) is 77.3 Å². The van der Waals surface area contributed by atoms with Gasteiger partial charge in [-0.2, -0.15) is 11.3 Å². The van der Waals surface area contributed by atoms with E-state index in [4.69, 9.17) is 9.47 Å². The highest BCUT2D eigenvalue weighted by atomic mass is 79.9. The van der Waals surface area contributed by atoms with Crippen LogP contribution in [-0.2, 0) is 13.0 Å². The first kappa shape index (κ1) is 33.3. The summed E-state index contributed by atoms with van der Waals surface area (Å²) in [6, 6.07) is 11.7. The molecule has 0 bridgehead atoms. The Hall–Kier alpha value is -2.18. The smallest absolute Gasteiger partial charge is 0.184 e. The lowest BCUT2D eigenvalue weighted by Crippen LogP contribution is -3.00. The van der Waals surface area contributed by atoms with Crippen molar-refractivity contribution in [3.05, 3.63) is 69.7 Å². The number of hydrogen-bond acceptors (Lipinski definition) is 3. The molecule has 0 radical (unpaired) electrons. The lowest BCUT2D eigenvalue weighted by atomic mass is 9.88. The molecule has 41 heavy (non-hydrogen) atoms. The first-order valence-electron chi connectivity index (χ1n) is 15.4. The summed E-state index contributed by atoms with van der Waals surface area (Å²) in [7, 11) is 1.76. The molecule has 6 heteroatoms. The van der Waals surface area contributed by atoms with E-state index in [1.807, 2.05) is 12.1 Å². The zero-order chi connectivity index (χ0) is 28.2. The molecule has 1 aliphatic heterocycles. The van der Waals surface area contributed by atoms with Crippen LogP contribution in [-0.4, -0.2) is 30.5 Å². The maximum Gasteiger partial charge on any atom is 0.184 e. The molecule has 4 rings (SSSR count). The molecular formula is C35H47BrFNO2S. The molecule has 0 spiro atoms. The third kappa shape index (κ3) is 8.90. The molecule has 0 amide bonds. The minimum absolute atomic E-state index is 0. The van der Waals surface area contributed by atoms with Gasteiger partial charge in [0.1, 0.15) is 12.4 Å². The third-order valence-electron chi connectivity index (χ3n) is 8.03. The van der Waals surface area contributed by atoms with Crippen LogP contribution in [0.3, 0.4) is 0 Å². The number of fused-ring (bicyclic) bond motifs is 1.